The Balaban J connectivity index is 2.14. The second kappa shape index (κ2) is 6.88. The third kappa shape index (κ3) is 3.92. The van der Waals surface area contributed by atoms with E-state index >= 15 is 0 Å². The van der Waals surface area contributed by atoms with Crippen LogP contribution in [0.1, 0.15) is 24.9 Å². The van der Waals surface area contributed by atoms with Gasteiger partial charge in [0.25, 0.3) is 0 Å². The first-order chi connectivity index (χ1) is 9.22. The molecule has 0 heterocycles. The molecule has 0 aliphatic carbocycles. The first kappa shape index (κ1) is 14.3. The maximum Gasteiger partial charge on any atom is 0.0511 e. The van der Waals surface area contributed by atoms with Crippen LogP contribution in [-0.4, -0.2) is 6.26 Å². The van der Waals surface area contributed by atoms with Crippen molar-refractivity contribution in [3.8, 4) is 0 Å². The zero-order chi connectivity index (χ0) is 13.7. The molecule has 0 radical (unpaired) electrons. The van der Waals surface area contributed by atoms with Crippen molar-refractivity contribution in [1.29, 1.82) is 0 Å². The van der Waals surface area contributed by atoms with Crippen LogP contribution in [0.3, 0.4) is 0 Å². The van der Waals surface area contributed by atoms with Gasteiger partial charge < -0.3 is 5.32 Å². The van der Waals surface area contributed by atoms with E-state index in [4.69, 9.17) is 11.6 Å². The molecule has 3 heteroatoms. The molecule has 0 amide bonds. The minimum atomic E-state index is 0.291. The summed E-state index contributed by atoms with van der Waals surface area (Å²) in [4.78, 5) is 1.28. The normalized spacial score (nSPS) is 12.2. The molecule has 0 aliphatic rings. The predicted octanol–water partition coefficient (Wildman–Crippen LogP) is 5.63. The van der Waals surface area contributed by atoms with Crippen LogP contribution in [0.2, 0.25) is 5.02 Å². The first-order valence-electron chi connectivity index (χ1n) is 6.39. The molecule has 0 aromatic heterocycles. The van der Waals surface area contributed by atoms with Gasteiger partial charge in [-0.1, -0.05) is 30.7 Å². The molecule has 2 aromatic rings. The van der Waals surface area contributed by atoms with Gasteiger partial charge in [-0.05, 0) is 54.6 Å². The number of hydrogen-bond acceptors (Lipinski definition) is 2. The maximum atomic E-state index is 6.06. The Bertz CT molecular complexity index is 525. The number of rotatable bonds is 5. The number of anilines is 1. The van der Waals surface area contributed by atoms with Crippen molar-refractivity contribution in [3.05, 3.63) is 59.1 Å². The summed E-state index contributed by atoms with van der Waals surface area (Å²) in [5.41, 5.74) is 2.37. The molecule has 1 nitrogen and oxygen atoms in total. The third-order valence-electron chi connectivity index (χ3n) is 3.09. The fourth-order valence-corrected chi connectivity index (χ4v) is 2.64. The molecule has 0 saturated carbocycles. The molecule has 0 aliphatic heterocycles. The average Bonchev–Trinajstić information content (AvgIpc) is 2.45. The fourth-order valence-electron chi connectivity index (χ4n) is 2.03. The van der Waals surface area contributed by atoms with Crippen LogP contribution in [0.5, 0.6) is 0 Å². The molecule has 0 saturated heterocycles. The minimum absolute atomic E-state index is 0.291. The summed E-state index contributed by atoms with van der Waals surface area (Å²) in [7, 11) is 0. The second-order valence-corrected chi connectivity index (χ2v) is 5.70. The lowest BCUT2D eigenvalue weighted by molar-refractivity contribution is 0.749. The van der Waals surface area contributed by atoms with Gasteiger partial charge >= 0.3 is 0 Å². The molecular formula is C16H18ClNS. The van der Waals surface area contributed by atoms with E-state index in [1.807, 2.05) is 18.2 Å². The van der Waals surface area contributed by atoms with Crippen LogP contribution >= 0.6 is 23.4 Å². The van der Waals surface area contributed by atoms with Crippen molar-refractivity contribution in [2.75, 3.05) is 11.6 Å². The Labute approximate surface area is 124 Å². The monoisotopic (exact) mass is 291 g/mol. The van der Waals surface area contributed by atoms with Crippen LogP contribution in [-0.2, 0) is 0 Å². The van der Waals surface area contributed by atoms with E-state index < -0.39 is 0 Å². The SMILES string of the molecule is CCC(Nc1ccc(SC)cc1)c1cccc(Cl)c1. The standard InChI is InChI=1S/C16H18ClNS/c1-3-16(12-5-4-6-13(17)11-12)18-14-7-9-15(19-2)10-8-14/h4-11,16,18H,3H2,1-2H3. The molecule has 1 unspecified atom stereocenters. The molecule has 2 aromatic carbocycles. The van der Waals surface area contributed by atoms with E-state index in [2.05, 4.69) is 48.8 Å². The lowest BCUT2D eigenvalue weighted by Crippen LogP contribution is -2.09. The van der Waals surface area contributed by atoms with Crippen molar-refractivity contribution in [2.45, 2.75) is 24.3 Å². The summed E-state index contributed by atoms with van der Waals surface area (Å²) < 4.78 is 0. The second-order valence-electron chi connectivity index (χ2n) is 4.39. The summed E-state index contributed by atoms with van der Waals surface area (Å²) in [6.07, 6.45) is 3.11. The van der Waals surface area contributed by atoms with Gasteiger partial charge in [-0.25, -0.2) is 0 Å². The molecule has 2 rings (SSSR count). The highest BCUT2D eigenvalue weighted by Crippen LogP contribution is 2.26. The Morgan fingerprint density at radius 3 is 2.47 bits per heavy atom. The number of nitrogens with one attached hydrogen (secondary N) is 1. The van der Waals surface area contributed by atoms with Crippen LogP contribution in [0.15, 0.2) is 53.4 Å². The van der Waals surface area contributed by atoms with E-state index in [9.17, 15) is 0 Å². The molecular weight excluding hydrogens is 274 g/mol. The lowest BCUT2D eigenvalue weighted by Gasteiger charge is -2.19. The molecule has 19 heavy (non-hydrogen) atoms. The molecule has 0 fully saturated rings. The van der Waals surface area contributed by atoms with Crippen LogP contribution < -0.4 is 5.32 Å². The van der Waals surface area contributed by atoms with Gasteiger partial charge in [0.15, 0.2) is 0 Å². The number of halogens is 1. The predicted molar refractivity (Wildman–Crippen MR) is 86.3 cm³/mol. The Hall–Kier alpha value is -1.12. The van der Waals surface area contributed by atoms with Crippen LogP contribution in [0.25, 0.3) is 0 Å². The summed E-state index contributed by atoms with van der Waals surface area (Å²) in [6, 6.07) is 16.9. The van der Waals surface area contributed by atoms with Crippen molar-refractivity contribution in [3.63, 3.8) is 0 Å². The quantitative estimate of drug-likeness (QED) is 0.717. The molecule has 1 N–H and O–H groups in total. The average molecular weight is 292 g/mol. The topological polar surface area (TPSA) is 12.0 Å². The van der Waals surface area contributed by atoms with E-state index in [0.717, 1.165) is 17.1 Å². The van der Waals surface area contributed by atoms with Gasteiger partial charge in [0.2, 0.25) is 0 Å². The van der Waals surface area contributed by atoms with Crippen molar-refractivity contribution >= 4 is 29.1 Å². The van der Waals surface area contributed by atoms with Gasteiger partial charge in [-0.2, -0.15) is 0 Å². The number of thioether (sulfide) groups is 1. The van der Waals surface area contributed by atoms with Gasteiger partial charge in [-0.3, -0.25) is 0 Å². The molecule has 100 valence electrons. The Morgan fingerprint density at radius 2 is 1.89 bits per heavy atom. The zero-order valence-corrected chi connectivity index (χ0v) is 12.8. The lowest BCUT2D eigenvalue weighted by atomic mass is 10.0. The highest BCUT2D eigenvalue weighted by molar-refractivity contribution is 7.98. The van der Waals surface area contributed by atoms with Gasteiger partial charge in [-0.15, -0.1) is 11.8 Å². The summed E-state index contributed by atoms with van der Waals surface area (Å²) in [5.74, 6) is 0. The van der Waals surface area contributed by atoms with E-state index in [-0.39, 0.29) is 0 Å². The summed E-state index contributed by atoms with van der Waals surface area (Å²) in [6.45, 7) is 2.18. The third-order valence-corrected chi connectivity index (χ3v) is 4.07. The zero-order valence-electron chi connectivity index (χ0n) is 11.2. The van der Waals surface area contributed by atoms with E-state index in [1.165, 1.54) is 10.5 Å². The first-order valence-corrected chi connectivity index (χ1v) is 7.99. The Kier molecular flexibility index (Phi) is 5.17. The summed E-state index contributed by atoms with van der Waals surface area (Å²) in [5, 5.41) is 4.34. The van der Waals surface area contributed by atoms with Gasteiger partial charge in [0.05, 0.1) is 6.04 Å². The van der Waals surface area contributed by atoms with E-state index in [0.29, 0.717) is 6.04 Å². The number of benzene rings is 2. The van der Waals surface area contributed by atoms with Crippen molar-refractivity contribution in [2.24, 2.45) is 0 Å². The van der Waals surface area contributed by atoms with Crippen molar-refractivity contribution in [1.82, 2.24) is 0 Å². The van der Waals surface area contributed by atoms with E-state index in [1.54, 1.807) is 11.8 Å². The molecule has 1 atom stereocenters. The largest absolute Gasteiger partial charge is 0.378 e. The maximum absolute atomic E-state index is 6.06. The van der Waals surface area contributed by atoms with Crippen LogP contribution in [0, 0.1) is 0 Å². The minimum Gasteiger partial charge on any atom is -0.378 e. The Morgan fingerprint density at radius 1 is 1.16 bits per heavy atom. The summed E-state index contributed by atoms with van der Waals surface area (Å²) >= 11 is 7.81. The smallest absolute Gasteiger partial charge is 0.0511 e. The van der Waals surface area contributed by atoms with Crippen LogP contribution in [0.4, 0.5) is 5.69 Å². The highest BCUT2D eigenvalue weighted by atomic mass is 35.5. The highest BCUT2D eigenvalue weighted by Gasteiger charge is 2.09. The molecule has 0 spiro atoms. The van der Waals surface area contributed by atoms with Gasteiger partial charge in [0.1, 0.15) is 0 Å². The van der Waals surface area contributed by atoms with Crippen molar-refractivity contribution < 1.29 is 0 Å². The number of hydrogen-bond donors (Lipinski definition) is 1. The molecule has 0 bridgehead atoms. The van der Waals surface area contributed by atoms with Gasteiger partial charge in [0, 0.05) is 15.6 Å². The fraction of sp³-hybridized carbons (Fsp3) is 0.250.